The van der Waals surface area contributed by atoms with E-state index in [0.29, 0.717) is 24.0 Å². The fourth-order valence-corrected chi connectivity index (χ4v) is 3.46. The van der Waals surface area contributed by atoms with Crippen LogP contribution in [0.1, 0.15) is 49.3 Å². The highest BCUT2D eigenvalue weighted by atomic mass is 35.5. The monoisotopic (exact) mass is 422 g/mol. The summed E-state index contributed by atoms with van der Waals surface area (Å²) in [6, 6.07) is 13.9. The van der Waals surface area contributed by atoms with Crippen LogP contribution in [0.3, 0.4) is 0 Å². The zero-order valence-corrected chi connectivity index (χ0v) is 18.2. The predicted molar refractivity (Wildman–Crippen MR) is 121 cm³/mol. The molecule has 30 heavy (non-hydrogen) atoms. The molecule has 156 valence electrons. The van der Waals surface area contributed by atoms with Gasteiger partial charge in [-0.25, -0.2) is 0 Å². The second-order valence-corrected chi connectivity index (χ2v) is 8.52. The number of nitrogens with zero attached hydrogens (tertiary/aromatic N) is 1. The Balaban J connectivity index is 1.49. The second-order valence-electron chi connectivity index (χ2n) is 8.09. The zero-order chi connectivity index (χ0) is 20.9. The van der Waals surface area contributed by atoms with E-state index in [1.165, 1.54) is 11.1 Å². The van der Waals surface area contributed by atoms with Gasteiger partial charge in [0.2, 0.25) is 0 Å². The summed E-state index contributed by atoms with van der Waals surface area (Å²) in [5.41, 5.74) is 4.75. The van der Waals surface area contributed by atoms with E-state index in [1.807, 2.05) is 48.8 Å². The van der Waals surface area contributed by atoms with Crippen LogP contribution < -0.4 is 10.1 Å². The molecule has 1 N–H and O–H groups in total. The maximum absolute atomic E-state index is 6.24. The first-order chi connectivity index (χ1) is 14.6. The van der Waals surface area contributed by atoms with Gasteiger partial charge in [-0.3, -0.25) is 4.98 Å². The number of nitrogens with one attached hydrogen (secondary N) is 1. The molecule has 4 nitrogen and oxygen atoms in total. The Morgan fingerprint density at radius 3 is 2.67 bits per heavy atom. The Bertz CT molecular complexity index is 1020. The van der Waals surface area contributed by atoms with E-state index in [9.17, 15) is 0 Å². The van der Waals surface area contributed by atoms with Crippen LogP contribution in [0.5, 0.6) is 5.75 Å². The minimum Gasteiger partial charge on any atom is -0.493 e. The van der Waals surface area contributed by atoms with Gasteiger partial charge in [0.05, 0.1) is 12.3 Å². The van der Waals surface area contributed by atoms with E-state index in [2.05, 4.69) is 30.2 Å². The molecule has 1 aliphatic rings. The summed E-state index contributed by atoms with van der Waals surface area (Å²) >= 11 is 6.24. The molecule has 0 radical (unpaired) electrons. The first kappa shape index (κ1) is 20.5. The predicted octanol–water partition coefficient (Wildman–Crippen LogP) is 6.25. The van der Waals surface area contributed by atoms with Crippen LogP contribution in [0.4, 0.5) is 0 Å². The van der Waals surface area contributed by atoms with Gasteiger partial charge in [0.15, 0.2) is 0 Å². The van der Waals surface area contributed by atoms with Crippen molar-refractivity contribution in [2.45, 2.75) is 39.7 Å². The zero-order valence-electron chi connectivity index (χ0n) is 17.5. The van der Waals surface area contributed by atoms with Crippen molar-refractivity contribution in [3.8, 4) is 5.75 Å². The normalized spacial score (nSPS) is 12.9. The summed E-state index contributed by atoms with van der Waals surface area (Å²) in [4.78, 5) is 4.08. The average molecular weight is 423 g/mol. The molecule has 2 aromatic heterocycles. The number of allylic oxidation sites excluding steroid dienone is 1. The molecule has 1 saturated carbocycles. The SMILES string of the molecule is CC(C)COc1ccc(Cl)cc1Cc1ccc(C(NCc2ccncc2)=C2CC2)o1. The lowest BCUT2D eigenvalue weighted by Crippen LogP contribution is -2.11. The number of hydrogen-bond acceptors (Lipinski definition) is 4. The molecule has 0 bridgehead atoms. The molecule has 0 atom stereocenters. The molecule has 0 aliphatic heterocycles. The van der Waals surface area contributed by atoms with E-state index in [1.54, 1.807) is 0 Å². The number of furan rings is 1. The Hall–Kier alpha value is -2.72. The summed E-state index contributed by atoms with van der Waals surface area (Å²) in [7, 11) is 0. The van der Waals surface area contributed by atoms with Crippen LogP contribution in [0, 0.1) is 5.92 Å². The molecule has 1 aromatic carbocycles. The van der Waals surface area contributed by atoms with Gasteiger partial charge in [-0.15, -0.1) is 0 Å². The third-order valence-electron chi connectivity index (χ3n) is 4.94. The summed E-state index contributed by atoms with van der Waals surface area (Å²) in [5, 5.41) is 4.26. The van der Waals surface area contributed by atoms with Crippen molar-refractivity contribution in [3.05, 3.63) is 88.1 Å². The second kappa shape index (κ2) is 9.40. The van der Waals surface area contributed by atoms with Crippen molar-refractivity contribution in [1.82, 2.24) is 10.3 Å². The first-order valence-electron chi connectivity index (χ1n) is 10.4. The topological polar surface area (TPSA) is 47.3 Å². The minimum atomic E-state index is 0.461. The Labute approximate surface area is 182 Å². The number of ether oxygens (including phenoxy) is 1. The fourth-order valence-electron chi connectivity index (χ4n) is 3.27. The Morgan fingerprint density at radius 2 is 1.93 bits per heavy atom. The number of aromatic nitrogens is 1. The van der Waals surface area contributed by atoms with Crippen LogP contribution >= 0.6 is 11.6 Å². The van der Waals surface area contributed by atoms with E-state index < -0.39 is 0 Å². The van der Waals surface area contributed by atoms with E-state index >= 15 is 0 Å². The highest BCUT2D eigenvalue weighted by Crippen LogP contribution is 2.36. The lowest BCUT2D eigenvalue weighted by molar-refractivity contribution is 0.268. The van der Waals surface area contributed by atoms with Crippen LogP contribution in [0.25, 0.3) is 5.70 Å². The number of benzene rings is 1. The third-order valence-corrected chi connectivity index (χ3v) is 5.17. The minimum absolute atomic E-state index is 0.461. The molecule has 0 spiro atoms. The van der Waals surface area contributed by atoms with Crippen molar-refractivity contribution in [3.63, 3.8) is 0 Å². The largest absolute Gasteiger partial charge is 0.493 e. The molecule has 0 unspecified atom stereocenters. The van der Waals surface area contributed by atoms with Gasteiger partial charge in [0, 0.05) is 35.9 Å². The average Bonchev–Trinajstić information content (AvgIpc) is 3.47. The van der Waals surface area contributed by atoms with Gasteiger partial charge < -0.3 is 14.5 Å². The number of pyridine rings is 1. The van der Waals surface area contributed by atoms with Crippen LogP contribution in [-0.2, 0) is 13.0 Å². The molecule has 1 aliphatic carbocycles. The fraction of sp³-hybridized carbons (Fsp3) is 0.320. The van der Waals surface area contributed by atoms with Gasteiger partial charge in [0.25, 0.3) is 0 Å². The number of rotatable bonds is 9. The van der Waals surface area contributed by atoms with Gasteiger partial charge >= 0.3 is 0 Å². The maximum atomic E-state index is 6.24. The van der Waals surface area contributed by atoms with Crippen LogP contribution in [0.2, 0.25) is 5.02 Å². The molecule has 2 heterocycles. The van der Waals surface area contributed by atoms with Crippen molar-refractivity contribution in [1.29, 1.82) is 0 Å². The standard InChI is InChI=1S/C25H27ClN2O2/c1-17(2)16-29-23-7-5-21(26)13-20(23)14-22-6-8-24(30-22)25(19-3-4-19)28-15-18-9-11-27-12-10-18/h5-13,17,28H,3-4,14-16H2,1-2H3. The quantitative estimate of drug-likeness (QED) is 0.442. The van der Waals surface area contributed by atoms with E-state index in [-0.39, 0.29) is 0 Å². The Kier molecular flexibility index (Phi) is 6.44. The molecule has 3 aromatic rings. The molecular weight excluding hydrogens is 396 g/mol. The summed E-state index contributed by atoms with van der Waals surface area (Å²) in [6.07, 6.45) is 6.51. The van der Waals surface area contributed by atoms with Crippen molar-refractivity contribution < 1.29 is 9.15 Å². The lowest BCUT2D eigenvalue weighted by Gasteiger charge is -2.13. The van der Waals surface area contributed by atoms with Gasteiger partial charge in [-0.05, 0) is 72.4 Å². The molecular formula is C25H27ClN2O2. The lowest BCUT2D eigenvalue weighted by atomic mass is 10.1. The smallest absolute Gasteiger partial charge is 0.150 e. The van der Waals surface area contributed by atoms with E-state index in [0.717, 1.165) is 47.9 Å². The van der Waals surface area contributed by atoms with Gasteiger partial charge in [-0.1, -0.05) is 25.4 Å². The Morgan fingerprint density at radius 1 is 1.13 bits per heavy atom. The summed E-state index contributed by atoms with van der Waals surface area (Å²) < 4.78 is 12.2. The van der Waals surface area contributed by atoms with Crippen molar-refractivity contribution in [2.75, 3.05) is 6.61 Å². The maximum Gasteiger partial charge on any atom is 0.150 e. The van der Waals surface area contributed by atoms with Gasteiger partial charge in [0.1, 0.15) is 17.3 Å². The first-order valence-corrected chi connectivity index (χ1v) is 10.8. The third kappa shape index (κ3) is 5.45. The molecule has 4 rings (SSSR count). The highest BCUT2D eigenvalue weighted by Gasteiger charge is 2.21. The molecule has 1 fully saturated rings. The molecule has 0 amide bonds. The summed E-state index contributed by atoms with van der Waals surface area (Å²) in [6.45, 7) is 5.70. The van der Waals surface area contributed by atoms with Gasteiger partial charge in [-0.2, -0.15) is 0 Å². The number of halogens is 1. The van der Waals surface area contributed by atoms with Crippen molar-refractivity contribution in [2.24, 2.45) is 5.92 Å². The van der Waals surface area contributed by atoms with Crippen LogP contribution in [0.15, 0.2) is 64.8 Å². The van der Waals surface area contributed by atoms with E-state index in [4.69, 9.17) is 20.8 Å². The molecule has 5 heteroatoms. The highest BCUT2D eigenvalue weighted by molar-refractivity contribution is 6.30. The van der Waals surface area contributed by atoms with Crippen molar-refractivity contribution >= 4 is 17.3 Å². The van der Waals surface area contributed by atoms with Crippen LogP contribution in [-0.4, -0.2) is 11.6 Å². The number of hydrogen-bond donors (Lipinski definition) is 1. The molecule has 0 saturated heterocycles. The summed E-state index contributed by atoms with van der Waals surface area (Å²) in [5.74, 6) is 3.11.